The summed E-state index contributed by atoms with van der Waals surface area (Å²) in [6, 6.07) is 19.1. The number of nitrogens with zero attached hydrogens (tertiary/aromatic N) is 1. The number of hydrogen-bond acceptors (Lipinski definition) is 3. The second-order valence-electron chi connectivity index (χ2n) is 10.4. The van der Waals surface area contributed by atoms with E-state index in [4.69, 9.17) is 4.74 Å². The minimum atomic E-state index is -0.256. The number of aryl methyl sites for hydroxylation is 1. The van der Waals surface area contributed by atoms with Gasteiger partial charge in [0.1, 0.15) is 6.10 Å². The number of rotatable bonds is 13. The number of benzene rings is 2. The van der Waals surface area contributed by atoms with E-state index in [2.05, 4.69) is 44.2 Å². The Morgan fingerprint density at radius 3 is 2.03 bits per heavy atom. The average Bonchev–Trinajstić information content (AvgIpc) is 2.91. The largest absolute Gasteiger partial charge is 0.459 e. The zero-order chi connectivity index (χ0) is 24.9. The molecule has 2 aromatic rings. The lowest BCUT2D eigenvalue weighted by Gasteiger charge is -2.34. The van der Waals surface area contributed by atoms with Crippen LogP contribution in [-0.2, 0) is 11.2 Å². The lowest BCUT2D eigenvalue weighted by Crippen LogP contribution is -2.31. The molecule has 0 N–H and O–H groups in total. The monoisotopic (exact) mass is 473 g/mol. The highest BCUT2D eigenvalue weighted by Crippen LogP contribution is 2.41. The summed E-state index contributed by atoms with van der Waals surface area (Å²) in [5.41, 5.74) is 4.05. The van der Waals surface area contributed by atoms with Gasteiger partial charge in [0.05, 0.1) is 17.0 Å². The first-order valence-corrected chi connectivity index (χ1v) is 13.9. The molecule has 0 saturated heterocycles. The number of esters is 1. The Bertz CT molecular complexity index is 931. The molecule has 3 nitrogen and oxygen atoms in total. The molecule has 0 radical (unpaired) electrons. The van der Waals surface area contributed by atoms with Gasteiger partial charge in [-0.3, -0.25) is 0 Å². The second-order valence-corrected chi connectivity index (χ2v) is 10.4. The minimum absolute atomic E-state index is 0.0792. The quantitative estimate of drug-likeness (QED) is 0.215. The van der Waals surface area contributed by atoms with Gasteiger partial charge in [-0.1, -0.05) is 95.2 Å². The van der Waals surface area contributed by atoms with Crippen LogP contribution >= 0.6 is 0 Å². The van der Waals surface area contributed by atoms with Crippen LogP contribution in [0.25, 0.3) is 11.1 Å². The summed E-state index contributed by atoms with van der Waals surface area (Å²) in [4.78, 5) is 12.7. The molecule has 0 aliphatic heterocycles. The van der Waals surface area contributed by atoms with Gasteiger partial charge in [0, 0.05) is 0 Å². The summed E-state index contributed by atoms with van der Waals surface area (Å²) in [6.45, 7) is 4.42. The van der Waals surface area contributed by atoms with E-state index in [1.807, 2.05) is 24.3 Å². The van der Waals surface area contributed by atoms with E-state index in [0.29, 0.717) is 5.56 Å². The first-order chi connectivity index (χ1) is 17.1. The average molecular weight is 474 g/mol. The molecule has 1 fully saturated rings. The van der Waals surface area contributed by atoms with Gasteiger partial charge in [-0.25, -0.2) is 4.79 Å². The highest BCUT2D eigenvalue weighted by Gasteiger charge is 2.36. The molecule has 0 aromatic heterocycles. The highest BCUT2D eigenvalue weighted by molar-refractivity contribution is 5.90. The van der Waals surface area contributed by atoms with Crippen molar-refractivity contribution < 1.29 is 9.53 Å². The van der Waals surface area contributed by atoms with Gasteiger partial charge in [0.25, 0.3) is 0 Å². The van der Waals surface area contributed by atoms with Crippen molar-refractivity contribution in [1.29, 1.82) is 5.26 Å². The van der Waals surface area contributed by atoms with E-state index in [0.717, 1.165) is 56.9 Å². The van der Waals surface area contributed by atoms with Gasteiger partial charge in [0.15, 0.2) is 0 Å². The van der Waals surface area contributed by atoms with Gasteiger partial charge in [0.2, 0.25) is 0 Å². The molecule has 0 heterocycles. The molecule has 3 rings (SSSR count). The van der Waals surface area contributed by atoms with Gasteiger partial charge < -0.3 is 4.74 Å². The van der Waals surface area contributed by atoms with Gasteiger partial charge >= 0.3 is 5.97 Å². The molecule has 0 bridgehead atoms. The number of carbonyl (C=O) groups is 1. The summed E-state index contributed by atoms with van der Waals surface area (Å²) in [5.74, 6) is -0.256. The molecule has 35 heavy (non-hydrogen) atoms. The number of nitriles is 1. The minimum Gasteiger partial charge on any atom is -0.459 e. The lowest BCUT2D eigenvalue weighted by atomic mass is 9.71. The standard InChI is InChI=1S/C32H43NO2/c1-3-5-7-8-9-10-11-26-12-14-27(15-13-26)28-16-18-29(19-17-28)31(34)35-30-20-23-32(25-33,24-21-30)22-6-4-2/h12-19,30H,3-11,20-24H2,1-2H3/t30-,32-. The Morgan fingerprint density at radius 1 is 0.857 bits per heavy atom. The second kappa shape index (κ2) is 14.1. The fourth-order valence-corrected chi connectivity index (χ4v) is 5.19. The van der Waals surface area contributed by atoms with E-state index >= 15 is 0 Å². The van der Waals surface area contributed by atoms with Crippen molar-refractivity contribution in [3.8, 4) is 17.2 Å². The van der Waals surface area contributed by atoms with Crippen molar-refractivity contribution in [1.82, 2.24) is 0 Å². The van der Waals surface area contributed by atoms with Crippen molar-refractivity contribution in [2.75, 3.05) is 0 Å². The summed E-state index contributed by atoms with van der Waals surface area (Å²) >= 11 is 0. The molecule has 3 heteroatoms. The van der Waals surface area contributed by atoms with Crippen LogP contribution in [0, 0.1) is 16.7 Å². The molecule has 188 valence electrons. The van der Waals surface area contributed by atoms with Crippen LogP contribution in [0.15, 0.2) is 48.5 Å². The number of carbonyl (C=O) groups excluding carboxylic acids is 1. The molecule has 1 saturated carbocycles. The maximum atomic E-state index is 12.7. The normalized spacial score (nSPS) is 19.7. The molecular formula is C32H43NO2. The summed E-state index contributed by atoms with van der Waals surface area (Å²) in [6.07, 6.45) is 15.4. The van der Waals surface area contributed by atoms with E-state index in [-0.39, 0.29) is 17.5 Å². The summed E-state index contributed by atoms with van der Waals surface area (Å²) < 4.78 is 5.80. The van der Waals surface area contributed by atoms with E-state index < -0.39 is 0 Å². The van der Waals surface area contributed by atoms with Crippen LogP contribution in [0.4, 0.5) is 0 Å². The predicted molar refractivity (Wildman–Crippen MR) is 144 cm³/mol. The van der Waals surface area contributed by atoms with Crippen molar-refractivity contribution in [2.24, 2.45) is 5.41 Å². The van der Waals surface area contributed by atoms with Crippen LogP contribution in [0.1, 0.15) is 113 Å². The predicted octanol–water partition coefficient (Wildman–Crippen LogP) is 9.06. The topological polar surface area (TPSA) is 50.1 Å². The van der Waals surface area contributed by atoms with Crippen molar-refractivity contribution >= 4 is 5.97 Å². The molecule has 2 aromatic carbocycles. The van der Waals surface area contributed by atoms with Crippen LogP contribution < -0.4 is 0 Å². The number of unbranched alkanes of at least 4 members (excludes halogenated alkanes) is 6. The summed E-state index contributed by atoms with van der Waals surface area (Å²) in [5, 5.41) is 9.67. The molecule has 0 amide bonds. The van der Waals surface area contributed by atoms with Crippen molar-refractivity contribution in [3.63, 3.8) is 0 Å². The smallest absolute Gasteiger partial charge is 0.338 e. The van der Waals surface area contributed by atoms with E-state index in [1.54, 1.807) is 0 Å². The Hall–Kier alpha value is -2.60. The number of ether oxygens (including phenoxy) is 1. The Morgan fingerprint density at radius 2 is 1.43 bits per heavy atom. The first-order valence-electron chi connectivity index (χ1n) is 13.9. The Balaban J connectivity index is 1.46. The lowest BCUT2D eigenvalue weighted by molar-refractivity contribution is 0.0105. The van der Waals surface area contributed by atoms with Crippen molar-refractivity contribution in [2.45, 2.75) is 110 Å². The SMILES string of the molecule is CCCCCCCCc1ccc(-c2ccc(C(=O)O[C@H]3CC[C@@](C#N)(CCCC)CC3)cc2)cc1. The van der Waals surface area contributed by atoms with Crippen LogP contribution in [0.2, 0.25) is 0 Å². The molecular weight excluding hydrogens is 430 g/mol. The van der Waals surface area contributed by atoms with Gasteiger partial charge in [-0.15, -0.1) is 0 Å². The third kappa shape index (κ3) is 8.24. The van der Waals surface area contributed by atoms with Crippen LogP contribution in [-0.4, -0.2) is 12.1 Å². The van der Waals surface area contributed by atoms with Crippen LogP contribution in [0.3, 0.4) is 0 Å². The fourth-order valence-electron chi connectivity index (χ4n) is 5.19. The first kappa shape index (κ1) is 27.0. The zero-order valence-electron chi connectivity index (χ0n) is 21.9. The highest BCUT2D eigenvalue weighted by atomic mass is 16.5. The maximum absolute atomic E-state index is 12.7. The molecule has 0 unspecified atom stereocenters. The fraction of sp³-hybridized carbons (Fsp3) is 0.562. The zero-order valence-corrected chi connectivity index (χ0v) is 21.9. The molecule has 1 aliphatic rings. The molecule has 0 spiro atoms. The van der Waals surface area contributed by atoms with Crippen molar-refractivity contribution in [3.05, 3.63) is 59.7 Å². The Kier molecular flexibility index (Phi) is 10.9. The van der Waals surface area contributed by atoms with E-state index in [1.165, 1.54) is 49.7 Å². The number of hydrogen-bond donors (Lipinski definition) is 0. The third-order valence-electron chi connectivity index (χ3n) is 7.64. The molecule has 1 aliphatic carbocycles. The van der Waals surface area contributed by atoms with Gasteiger partial charge in [-0.05, 0) is 73.8 Å². The Labute approximate surface area is 212 Å². The van der Waals surface area contributed by atoms with Crippen LogP contribution in [0.5, 0.6) is 0 Å². The summed E-state index contributed by atoms with van der Waals surface area (Å²) in [7, 11) is 0. The maximum Gasteiger partial charge on any atom is 0.338 e. The van der Waals surface area contributed by atoms with E-state index in [9.17, 15) is 10.1 Å². The third-order valence-corrected chi connectivity index (χ3v) is 7.64. The van der Waals surface area contributed by atoms with Gasteiger partial charge in [-0.2, -0.15) is 5.26 Å². The molecule has 0 atom stereocenters.